The zero-order valence-corrected chi connectivity index (χ0v) is 10.4. The van der Waals surface area contributed by atoms with Gasteiger partial charge in [0.05, 0.1) is 26.4 Å². The summed E-state index contributed by atoms with van der Waals surface area (Å²) in [5.74, 6) is -0.530. The van der Waals surface area contributed by atoms with Crippen molar-refractivity contribution in [3.63, 3.8) is 0 Å². The highest BCUT2D eigenvalue weighted by Gasteiger charge is 2.18. The van der Waals surface area contributed by atoms with Crippen molar-refractivity contribution in [3.8, 4) is 0 Å². The van der Waals surface area contributed by atoms with Crippen LogP contribution in [0.1, 0.15) is 12.0 Å². The van der Waals surface area contributed by atoms with Crippen LogP contribution in [0.4, 0.5) is 0 Å². The third kappa shape index (κ3) is 5.27. The maximum absolute atomic E-state index is 11.0. The lowest BCUT2D eigenvalue weighted by molar-refractivity contribution is -0.143. The molecule has 1 rings (SSSR count). The SMILES string of the molecule is COC(=O)C(N)CC(O)COCc1ccccc1. The number of aliphatic hydroxyl groups is 1. The van der Waals surface area contributed by atoms with E-state index in [1.165, 1.54) is 7.11 Å². The molecule has 0 saturated heterocycles. The van der Waals surface area contributed by atoms with Crippen molar-refractivity contribution in [1.29, 1.82) is 0 Å². The Balaban J connectivity index is 2.21. The van der Waals surface area contributed by atoms with Crippen molar-refractivity contribution in [2.75, 3.05) is 13.7 Å². The van der Waals surface area contributed by atoms with Crippen LogP contribution in [0.5, 0.6) is 0 Å². The molecule has 100 valence electrons. The van der Waals surface area contributed by atoms with Crippen molar-refractivity contribution in [1.82, 2.24) is 0 Å². The van der Waals surface area contributed by atoms with E-state index in [9.17, 15) is 9.90 Å². The van der Waals surface area contributed by atoms with Crippen LogP contribution in [0.25, 0.3) is 0 Å². The second kappa shape index (κ2) is 7.81. The minimum absolute atomic E-state index is 0.126. The second-order valence-corrected chi connectivity index (χ2v) is 4.02. The predicted molar refractivity (Wildman–Crippen MR) is 66.7 cm³/mol. The number of carbonyl (C=O) groups excluding carboxylic acids is 1. The predicted octanol–water partition coefficient (Wildman–Crippen LogP) is 0.454. The highest BCUT2D eigenvalue weighted by molar-refractivity contribution is 5.75. The van der Waals surface area contributed by atoms with Gasteiger partial charge in [0.2, 0.25) is 0 Å². The van der Waals surface area contributed by atoms with Crippen molar-refractivity contribution < 1.29 is 19.4 Å². The molecule has 0 spiro atoms. The smallest absolute Gasteiger partial charge is 0.322 e. The van der Waals surface area contributed by atoms with Gasteiger partial charge in [0, 0.05) is 6.42 Å². The number of esters is 1. The Bertz CT molecular complexity index is 355. The molecule has 0 aromatic heterocycles. The fraction of sp³-hybridized carbons (Fsp3) is 0.462. The highest BCUT2D eigenvalue weighted by Crippen LogP contribution is 2.03. The monoisotopic (exact) mass is 253 g/mol. The lowest BCUT2D eigenvalue weighted by Crippen LogP contribution is -2.36. The molecule has 2 atom stereocenters. The number of rotatable bonds is 7. The first-order valence-electron chi connectivity index (χ1n) is 5.76. The lowest BCUT2D eigenvalue weighted by Gasteiger charge is -2.14. The molecule has 0 aliphatic heterocycles. The molecule has 5 heteroatoms. The van der Waals surface area contributed by atoms with Gasteiger partial charge in [0.1, 0.15) is 6.04 Å². The maximum Gasteiger partial charge on any atom is 0.322 e. The van der Waals surface area contributed by atoms with E-state index >= 15 is 0 Å². The number of hydrogen-bond donors (Lipinski definition) is 2. The molecule has 1 aromatic carbocycles. The Morgan fingerprint density at radius 1 is 1.39 bits per heavy atom. The van der Waals surface area contributed by atoms with E-state index in [0.29, 0.717) is 6.61 Å². The van der Waals surface area contributed by atoms with Crippen molar-refractivity contribution in [2.45, 2.75) is 25.2 Å². The number of benzene rings is 1. The van der Waals surface area contributed by atoms with E-state index in [1.807, 2.05) is 30.3 Å². The number of methoxy groups -OCH3 is 1. The van der Waals surface area contributed by atoms with Crippen LogP contribution < -0.4 is 5.73 Å². The van der Waals surface area contributed by atoms with Crippen molar-refractivity contribution >= 4 is 5.97 Å². The summed E-state index contributed by atoms with van der Waals surface area (Å²) < 4.78 is 9.81. The Kier molecular flexibility index (Phi) is 6.35. The normalized spacial score (nSPS) is 13.9. The molecule has 3 N–H and O–H groups in total. The summed E-state index contributed by atoms with van der Waals surface area (Å²) in [6.45, 7) is 0.560. The summed E-state index contributed by atoms with van der Waals surface area (Å²) in [6, 6.07) is 8.82. The van der Waals surface area contributed by atoms with Gasteiger partial charge in [0.25, 0.3) is 0 Å². The van der Waals surface area contributed by atoms with Gasteiger partial charge in [-0.25, -0.2) is 0 Å². The van der Waals surface area contributed by atoms with Crippen LogP contribution in [-0.4, -0.2) is 36.9 Å². The van der Waals surface area contributed by atoms with Crippen LogP contribution in [0.2, 0.25) is 0 Å². The van der Waals surface area contributed by atoms with Crippen LogP contribution >= 0.6 is 0 Å². The first kappa shape index (κ1) is 14.6. The number of carbonyl (C=O) groups is 1. The number of aliphatic hydroxyl groups excluding tert-OH is 1. The van der Waals surface area contributed by atoms with Gasteiger partial charge in [-0.15, -0.1) is 0 Å². The molecule has 0 fully saturated rings. The molecular weight excluding hydrogens is 234 g/mol. The lowest BCUT2D eigenvalue weighted by atomic mass is 10.1. The zero-order chi connectivity index (χ0) is 13.4. The van der Waals surface area contributed by atoms with Crippen molar-refractivity contribution in [3.05, 3.63) is 35.9 Å². The summed E-state index contributed by atoms with van der Waals surface area (Å²) in [5.41, 5.74) is 6.55. The van der Waals surface area contributed by atoms with E-state index in [0.717, 1.165) is 5.56 Å². The molecule has 2 unspecified atom stereocenters. The first-order valence-corrected chi connectivity index (χ1v) is 5.76. The van der Waals surface area contributed by atoms with Crippen LogP contribution in [-0.2, 0) is 20.9 Å². The Morgan fingerprint density at radius 3 is 2.67 bits per heavy atom. The third-order valence-electron chi connectivity index (χ3n) is 2.45. The van der Waals surface area contributed by atoms with E-state index in [4.69, 9.17) is 10.5 Å². The molecule has 0 amide bonds. The summed E-state index contributed by atoms with van der Waals surface area (Å²) in [6.07, 6.45) is -0.649. The van der Waals surface area contributed by atoms with Gasteiger partial charge < -0.3 is 20.3 Å². The van der Waals surface area contributed by atoms with Gasteiger partial charge in [-0.05, 0) is 5.56 Å². The largest absolute Gasteiger partial charge is 0.468 e. The minimum Gasteiger partial charge on any atom is -0.468 e. The second-order valence-electron chi connectivity index (χ2n) is 4.02. The number of nitrogens with two attached hydrogens (primary N) is 1. The van der Waals surface area contributed by atoms with Crippen LogP contribution in [0.3, 0.4) is 0 Å². The topological polar surface area (TPSA) is 81.8 Å². The van der Waals surface area contributed by atoms with E-state index in [-0.39, 0.29) is 13.0 Å². The van der Waals surface area contributed by atoms with Gasteiger partial charge in [-0.3, -0.25) is 4.79 Å². The van der Waals surface area contributed by atoms with Crippen LogP contribution in [0, 0.1) is 0 Å². The maximum atomic E-state index is 11.0. The molecule has 0 radical (unpaired) electrons. The third-order valence-corrected chi connectivity index (χ3v) is 2.45. The van der Waals surface area contributed by atoms with Gasteiger partial charge in [0.15, 0.2) is 0 Å². The average molecular weight is 253 g/mol. The molecule has 18 heavy (non-hydrogen) atoms. The van der Waals surface area contributed by atoms with E-state index in [2.05, 4.69) is 4.74 Å². The molecule has 0 saturated carbocycles. The first-order chi connectivity index (χ1) is 8.63. The standard InChI is InChI=1S/C13H19NO4/c1-17-13(16)12(14)7-11(15)9-18-8-10-5-3-2-4-6-10/h2-6,11-12,15H,7-9,14H2,1H3. The molecular formula is C13H19NO4. The van der Waals surface area contributed by atoms with E-state index in [1.54, 1.807) is 0 Å². The molecule has 0 heterocycles. The molecule has 1 aromatic rings. The summed E-state index contributed by atoms with van der Waals surface area (Å²) in [5, 5.41) is 9.63. The zero-order valence-electron chi connectivity index (χ0n) is 10.4. The fourth-order valence-electron chi connectivity index (χ4n) is 1.50. The minimum atomic E-state index is -0.815. The fourth-order valence-corrected chi connectivity index (χ4v) is 1.50. The summed E-state index contributed by atoms with van der Waals surface area (Å²) in [7, 11) is 1.26. The summed E-state index contributed by atoms with van der Waals surface area (Å²) >= 11 is 0. The average Bonchev–Trinajstić information content (AvgIpc) is 2.38. The summed E-state index contributed by atoms with van der Waals surface area (Å²) in [4.78, 5) is 11.0. The quantitative estimate of drug-likeness (QED) is 0.690. The van der Waals surface area contributed by atoms with Gasteiger partial charge >= 0.3 is 5.97 Å². The van der Waals surface area contributed by atoms with Crippen molar-refractivity contribution in [2.24, 2.45) is 5.73 Å². The number of hydrogen-bond acceptors (Lipinski definition) is 5. The van der Waals surface area contributed by atoms with E-state index < -0.39 is 18.1 Å². The van der Waals surface area contributed by atoms with Gasteiger partial charge in [-0.2, -0.15) is 0 Å². The molecule has 0 bridgehead atoms. The Labute approximate surface area is 107 Å². The highest BCUT2D eigenvalue weighted by atomic mass is 16.5. The molecule has 0 aliphatic carbocycles. The number of ether oxygens (including phenoxy) is 2. The van der Waals surface area contributed by atoms with Gasteiger partial charge in [-0.1, -0.05) is 30.3 Å². The molecule has 0 aliphatic rings. The Morgan fingerprint density at radius 2 is 2.06 bits per heavy atom. The molecule has 5 nitrogen and oxygen atoms in total. The Hall–Kier alpha value is -1.43. The van der Waals surface area contributed by atoms with Crippen LogP contribution in [0.15, 0.2) is 30.3 Å².